The van der Waals surface area contributed by atoms with Gasteiger partial charge in [-0.1, -0.05) is 0 Å². The summed E-state index contributed by atoms with van der Waals surface area (Å²) >= 11 is 0. The van der Waals surface area contributed by atoms with E-state index in [1.54, 1.807) is 6.07 Å². The molecule has 2 aromatic heterocycles. The van der Waals surface area contributed by atoms with Crippen LogP contribution in [0.25, 0.3) is 11.0 Å². The Bertz CT molecular complexity index is 1120. The second kappa shape index (κ2) is 5.60. The molecule has 7 nitrogen and oxygen atoms in total. The first-order valence-electron chi connectivity index (χ1n) is 8.24. The molecule has 1 aromatic carbocycles. The zero-order chi connectivity index (χ0) is 17.8. The van der Waals surface area contributed by atoms with Crippen molar-refractivity contribution < 1.29 is 8.42 Å². The fraction of sp³-hybridized carbons (Fsp3) is 0.353. The molecule has 0 saturated heterocycles. The highest BCUT2D eigenvalue weighted by atomic mass is 32.2. The van der Waals surface area contributed by atoms with Crippen molar-refractivity contribution in [2.45, 2.75) is 44.2 Å². The molecule has 8 heteroatoms. The van der Waals surface area contributed by atoms with E-state index in [0.717, 1.165) is 11.3 Å². The van der Waals surface area contributed by atoms with Crippen LogP contribution < -0.4 is 10.4 Å². The summed E-state index contributed by atoms with van der Waals surface area (Å²) in [6.07, 6.45) is 2.38. The van der Waals surface area contributed by atoms with Crippen molar-refractivity contribution in [1.82, 2.24) is 19.3 Å². The minimum atomic E-state index is -3.66. The summed E-state index contributed by atoms with van der Waals surface area (Å²) in [5, 5.41) is 0. The number of rotatable bonds is 5. The first-order chi connectivity index (χ1) is 11.8. The maximum atomic E-state index is 12.6. The number of fused-ring (bicyclic) bond motifs is 1. The molecule has 25 heavy (non-hydrogen) atoms. The van der Waals surface area contributed by atoms with Gasteiger partial charge in [-0.05, 0) is 56.5 Å². The Labute approximate surface area is 145 Å². The highest BCUT2D eigenvalue weighted by molar-refractivity contribution is 7.89. The predicted molar refractivity (Wildman–Crippen MR) is 95.1 cm³/mol. The fourth-order valence-corrected chi connectivity index (χ4v) is 4.39. The summed E-state index contributed by atoms with van der Waals surface area (Å²) in [5.41, 5.74) is 3.97. The van der Waals surface area contributed by atoms with Crippen LogP contribution in [0.2, 0.25) is 0 Å². The lowest BCUT2D eigenvalue weighted by molar-refractivity contribution is 0.581. The van der Waals surface area contributed by atoms with Crippen molar-refractivity contribution in [3.05, 3.63) is 51.7 Å². The van der Waals surface area contributed by atoms with Gasteiger partial charge in [-0.2, -0.15) is 0 Å². The molecule has 2 heterocycles. The average Bonchev–Trinajstić information content (AvgIpc) is 3.24. The smallest absolute Gasteiger partial charge is 0.323 e. The number of H-pyrrole nitrogens is 2. The SMILES string of the molecule is Cc1cc(CNS(=O)(=O)c2ccc3[nH]c(=O)[nH]c3c2)c(C)n1C1CC1. The zero-order valence-electron chi connectivity index (χ0n) is 14.1. The summed E-state index contributed by atoms with van der Waals surface area (Å²) in [4.78, 5) is 16.6. The molecular weight excluding hydrogens is 340 g/mol. The van der Waals surface area contributed by atoms with Crippen molar-refractivity contribution in [3.63, 3.8) is 0 Å². The topological polar surface area (TPSA) is 99.8 Å². The number of benzene rings is 1. The fourth-order valence-electron chi connectivity index (χ4n) is 3.35. The van der Waals surface area contributed by atoms with Gasteiger partial charge in [0.1, 0.15) is 0 Å². The van der Waals surface area contributed by atoms with E-state index in [1.165, 1.54) is 30.7 Å². The van der Waals surface area contributed by atoms with E-state index in [4.69, 9.17) is 0 Å². The van der Waals surface area contributed by atoms with E-state index < -0.39 is 10.0 Å². The van der Waals surface area contributed by atoms with Crippen LogP contribution in [-0.2, 0) is 16.6 Å². The minimum absolute atomic E-state index is 0.131. The van der Waals surface area contributed by atoms with E-state index in [1.807, 2.05) is 13.0 Å². The molecule has 0 atom stereocenters. The molecule has 1 fully saturated rings. The Balaban J connectivity index is 1.58. The van der Waals surface area contributed by atoms with Crippen LogP contribution in [-0.4, -0.2) is 23.0 Å². The number of imidazole rings is 1. The number of nitrogens with one attached hydrogen (secondary N) is 3. The lowest BCUT2D eigenvalue weighted by Gasteiger charge is -2.09. The highest BCUT2D eigenvalue weighted by Gasteiger charge is 2.27. The number of nitrogens with zero attached hydrogens (tertiary/aromatic N) is 1. The summed E-state index contributed by atoms with van der Waals surface area (Å²) in [6.45, 7) is 4.33. The monoisotopic (exact) mass is 360 g/mol. The lowest BCUT2D eigenvalue weighted by Crippen LogP contribution is -2.23. The number of aromatic nitrogens is 3. The quantitative estimate of drug-likeness (QED) is 0.649. The van der Waals surface area contributed by atoms with Gasteiger partial charge in [-0.3, -0.25) is 0 Å². The molecule has 1 saturated carbocycles. The van der Waals surface area contributed by atoms with Crippen molar-refractivity contribution in [2.75, 3.05) is 0 Å². The van der Waals surface area contributed by atoms with Crippen LogP contribution in [0.15, 0.2) is 34.0 Å². The van der Waals surface area contributed by atoms with Gasteiger partial charge in [-0.15, -0.1) is 0 Å². The standard InChI is InChI=1S/C17H20N4O3S/c1-10-7-12(11(2)21(10)13-3-4-13)9-18-25(23,24)14-5-6-15-16(8-14)20-17(22)19-15/h5-8,13,18H,3-4,9H2,1-2H3,(H2,19,20,22). The van der Waals surface area contributed by atoms with Crippen molar-refractivity contribution >= 4 is 21.1 Å². The van der Waals surface area contributed by atoms with Gasteiger partial charge in [0.15, 0.2) is 0 Å². The molecule has 0 radical (unpaired) electrons. The first kappa shape index (κ1) is 16.2. The first-order valence-corrected chi connectivity index (χ1v) is 9.72. The highest BCUT2D eigenvalue weighted by Crippen LogP contribution is 2.38. The lowest BCUT2D eigenvalue weighted by atomic mass is 10.2. The molecule has 3 N–H and O–H groups in total. The third-order valence-electron chi connectivity index (χ3n) is 4.75. The maximum absolute atomic E-state index is 12.6. The molecule has 132 valence electrons. The number of hydrogen-bond acceptors (Lipinski definition) is 3. The van der Waals surface area contributed by atoms with Gasteiger partial charge in [0.05, 0.1) is 15.9 Å². The van der Waals surface area contributed by atoms with E-state index >= 15 is 0 Å². The largest absolute Gasteiger partial charge is 0.346 e. The Morgan fingerprint density at radius 1 is 1.16 bits per heavy atom. The average molecular weight is 360 g/mol. The number of sulfonamides is 1. The Hall–Kier alpha value is -2.32. The second-order valence-corrected chi connectivity index (χ2v) is 8.38. The normalized spacial score (nSPS) is 15.1. The molecule has 4 rings (SSSR count). The number of aromatic amines is 2. The summed E-state index contributed by atoms with van der Waals surface area (Å²) in [6, 6.07) is 7.15. The Morgan fingerprint density at radius 3 is 2.60 bits per heavy atom. The Morgan fingerprint density at radius 2 is 1.88 bits per heavy atom. The zero-order valence-corrected chi connectivity index (χ0v) is 14.9. The van der Waals surface area contributed by atoms with Crippen LogP contribution in [0.4, 0.5) is 0 Å². The van der Waals surface area contributed by atoms with Crippen molar-refractivity contribution in [2.24, 2.45) is 0 Å². The van der Waals surface area contributed by atoms with Crippen LogP contribution in [0, 0.1) is 13.8 Å². The molecule has 1 aliphatic carbocycles. The molecule has 0 aliphatic heterocycles. The third-order valence-corrected chi connectivity index (χ3v) is 6.15. The van der Waals surface area contributed by atoms with E-state index in [9.17, 15) is 13.2 Å². The second-order valence-electron chi connectivity index (χ2n) is 6.61. The Kier molecular flexibility index (Phi) is 3.62. The van der Waals surface area contributed by atoms with Crippen LogP contribution in [0.5, 0.6) is 0 Å². The van der Waals surface area contributed by atoms with Crippen molar-refractivity contribution in [1.29, 1.82) is 0 Å². The van der Waals surface area contributed by atoms with Gasteiger partial charge in [0.2, 0.25) is 10.0 Å². The number of aryl methyl sites for hydroxylation is 1. The predicted octanol–water partition coefficient (Wildman–Crippen LogP) is 2.09. The molecule has 0 amide bonds. The third kappa shape index (κ3) is 2.91. The van der Waals surface area contributed by atoms with Crippen LogP contribution >= 0.6 is 0 Å². The summed E-state index contributed by atoms with van der Waals surface area (Å²) in [5.74, 6) is 0. The van der Waals surface area contributed by atoms with Gasteiger partial charge < -0.3 is 14.5 Å². The van der Waals surface area contributed by atoms with Gasteiger partial charge in [-0.25, -0.2) is 17.9 Å². The molecular formula is C17H20N4O3S. The maximum Gasteiger partial charge on any atom is 0.323 e. The van der Waals surface area contributed by atoms with Crippen molar-refractivity contribution in [3.8, 4) is 0 Å². The van der Waals surface area contributed by atoms with Gasteiger partial charge in [0.25, 0.3) is 0 Å². The molecule has 3 aromatic rings. The summed E-state index contributed by atoms with van der Waals surface area (Å²) in [7, 11) is -3.66. The van der Waals surface area contributed by atoms with E-state index in [0.29, 0.717) is 17.1 Å². The molecule has 0 bridgehead atoms. The van der Waals surface area contributed by atoms with Crippen LogP contribution in [0.1, 0.15) is 35.8 Å². The van der Waals surface area contributed by atoms with Gasteiger partial charge >= 0.3 is 5.69 Å². The summed E-state index contributed by atoms with van der Waals surface area (Å²) < 4.78 is 30.1. The minimum Gasteiger partial charge on any atom is -0.346 e. The molecule has 0 unspecified atom stereocenters. The van der Waals surface area contributed by atoms with E-state index in [-0.39, 0.29) is 17.1 Å². The number of hydrogen-bond donors (Lipinski definition) is 3. The van der Waals surface area contributed by atoms with Gasteiger partial charge in [0, 0.05) is 24.0 Å². The molecule has 0 spiro atoms. The molecule has 1 aliphatic rings. The van der Waals surface area contributed by atoms with E-state index in [2.05, 4.69) is 26.2 Å². The van der Waals surface area contributed by atoms with Crippen LogP contribution in [0.3, 0.4) is 0 Å².